The van der Waals surface area contributed by atoms with E-state index < -0.39 is 0 Å². The first-order valence-corrected chi connectivity index (χ1v) is 6.46. The lowest BCUT2D eigenvalue weighted by molar-refractivity contribution is 0.321. The van der Waals surface area contributed by atoms with Crippen molar-refractivity contribution in [2.45, 2.75) is 33.2 Å². The minimum absolute atomic E-state index is 0.915. The molecule has 0 amide bonds. The molecule has 2 rings (SSSR count). The zero-order valence-electron chi connectivity index (χ0n) is 9.26. The highest BCUT2D eigenvalue weighted by atomic mass is 127. The number of halogens is 1. The number of aromatic nitrogens is 2. The summed E-state index contributed by atoms with van der Waals surface area (Å²) in [6.07, 6.45) is 2.64. The maximum absolute atomic E-state index is 4.54. The summed E-state index contributed by atoms with van der Waals surface area (Å²) >= 11 is 2.31. The molecule has 0 spiro atoms. The van der Waals surface area contributed by atoms with Gasteiger partial charge in [-0.15, -0.1) is 0 Å². The number of rotatable bonds is 2. The summed E-state index contributed by atoms with van der Waals surface area (Å²) < 4.78 is 1.19. The molecular weight excluding hydrogens is 301 g/mol. The molecule has 1 aliphatic rings. The Bertz CT molecular complexity index is 336. The van der Waals surface area contributed by atoms with Gasteiger partial charge in [-0.25, -0.2) is 9.97 Å². The van der Waals surface area contributed by atoms with Gasteiger partial charge in [0.25, 0.3) is 0 Å². The third kappa shape index (κ3) is 2.66. The van der Waals surface area contributed by atoms with E-state index in [1.807, 2.05) is 0 Å². The van der Waals surface area contributed by atoms with Crippen molar-refractivity contribution in [2.75, 3.05) is 13.1 Å². The normalized spacial score (nSPS) is 17.3. The molecule has 82 valence electrons. The van der Waals surface area contributed by atoms with E-state index in [0.29, 0.717) is 0 Å². The topological polar surface area (TPSA) is 29.0 Å². The van der Waals surface area contributed by atoms with Crippen LogP contribution in [0.5, 0.6) is 0 Å². The molecule has 0 atom stereocenters. The van der Waals surface area contributed by atoms with E-state index in [9.17, 15) is 0 Å². The summed E-state index contributed by atoms with van der Waals surface area (Å²) in [6, 6.07) is 0. The van der Waals surface area contributed by atoms with Crippen molar-refractivity contribution in [3.8, 4) is 0 Å². The monoisotopic (exact) mass is 317 g/mol. The molecule has 0 aromatic carbocycles. The van der Waals surface area contributed by atoms with Gasteiger partial charge in [0.15, 0.2) is 0 Å². The molecule has 2 heterocycles. The van der Waals surface area contributed by atoms with Crippen LogP contribution in [0.4, 0.5) is 0 Å². The summed E-state index contributed by atoms with van der Waals surface area (Å²) in [6.45, 7) is 7.44. The summed E-state index contributed by atoms with van der Waals surface area (Å²) in [5, 5.41) is 0. The average molecular weight is 317 g/mol. The minimum Gasteiger partial charge on any atom is -0.296 e. The largest absolute Gasteiger partial charge is 0.296 e. The van der Waals surface area contributed by atoms with Crippen molar-refractivity contribution < 1.29 is 0 Å². The van der Waals surface area contributed by atoms with Crippen molar-refractivity contribution in [3.63, 3.8) is 0 Å². The predicted octanol–water partition coefficient (Wildman–Crippen LogP) is 2.29. The molecule has 1 fully saturated rings. The first-order valence-electron chi connectivity index (χ1n) is 5.39. The van der Waals surface area contributed by atoms with Gasteiger partial charge in [-0.1, -0.05) is 0 Å². The Labute approximate surface area is 104 Å². The van der Waals surface area contributed by atoms with Crippen molar-refractivity contribution in [3.05, 3.63) is 20.8 Å². The number of hydrogen-bond acceptors (Lipinski definition) is 3. The van der Waals surface area contributed by atoms with Crippen LogP contribution < -0.4 is 0 Å². The van der Waals surface area contributed by atoms with Crippen LogP contribution in [0.3, 0.4) is 0 Å². The Morgan fingerprint density at radius 3 is 2.20 bits per heavy atom. The fourth-order valence-corrected chi connectivity index (χ4v) is 2.22. The molecule has 1 saturated heterocycles. The number of aryl methyl sites for hydroxylation is 2. The Morgan fingerprint density at radius 2 is 1.67 bits per heavy atom. The van der Waals surface area contributed by atoms with Gasteiger partial charge in [-0.3, -0.25) is 4.90 Å². The standard InChI is InChI=1S/C11H16IN3/c1-8-11(12)9(2)14-10(13-8)7-15-5-3-4-6-15/h3-7H2,1-2H3. The van der Waals surface area contributed by atoms with Gasteiger partial charge in [0.2, 0.25) is 0 Å². The number of likely N-dealkylation sites (tertiary alicyclic amines) is 1. The highest BCUT2D eigenvalue weighted by Crippen LogP contribution is 2.15. The average Bonchev–Trinajstić information content (AvgIpc) is 2.66. The van der Waals surface area contributed by atoms with Crippen LogP contribution in [0.2, 0.25) is 0 Å². The van der Waals surface area contributed by atoms with E-state index in [0.717, 1.165) is 23.8 Å². The molecule has 1 aliphatic heterocycles. The number of hydrogen-bond donors (Lipinski definition) is 0. The van der Waals surface area contributed by atoms with Crippen LogP contribution in [0.15, 0.2) is 0 Å². The molecule has 4 heteroatoms. The lowest BCUT2D eigenvalue weighted by Crippen LogP contribution is -2.20. The van der Waals surface area contributed by atoms with Crippen molar-refractivity contribution >= 4 is 22.6 Å². The SMILES string of the molecule is Cc1nc(CN2CCCC2)nc(C)c1I. The van der Waals surface area contributed by atoms with Crippen LogP contribution >= 0.6 is 22.6 Å². The Hall–Kier alpha value is -0.230. The third-order valence-corrected chi connectivity index (χ3v) is 4.35. The first-order chi connectivity index (χ1) is 7.16. The second-order valence-corrected chi connectivity index (χ2v) is 5.19. The molecule has 0 saturated carbocycles. The molecule has 1 aromatic heterocycles. The Kier molecular flexibility index (Phi) is 3.56. The van der Waals surface area contributed by atoms with E-state index >= 15 is 0 Å². The lowest BCUT2D eigenvalue weighted by atomic mass is 10.3. The highest BCUT2D eigenvalue weighted by Gasteiger charge is 2.14. The van der Waals surface area contributed by atoms with Gasteiger partial charge in [0, 0.05) is 0 Å². The molecule has 0 radical (unpaired) electrons. The summed E-state index contributed by atoms with van der Waals surface area (Å²) in [5.41, 5.74) is 2.22. The minimum atomic E-state index is 0.915. The smallest absolute Gasteiger partial charge is 0.142 e. The Morgan fingerprint density at radius 1 is 1.13 bits per heavy atom. The van der Waals surface area contributed by atoms with Crippen LogP contribution in [-0.4, -0.2) is 28.0 Å². The second-order valence-electron chi connectivity index (χ2n) is 4.11. The van der Waals surface area contributed by atoms with Crippen molar-refractivity contribution in [2.24, 2.45) is 0 Å². The lowest BCUT2D eigenvalue weighted by Gasteiger charge is -2.14. The van der Waals surface area contributed by atoms with Crippen LogP contribution in [0, 0.1) is 17.4 Å². The zero-order chi connectivity index (χ0) is 10.8. The van der Waals surface area contributed by atoms with Gasteiger partial charge >= 0.3 is 0 Å². The molecule has 0 unspecified atom stereocenters. The maximum Gasteiger partial charge on any atom is 0.142 e. The molecule has 0 aliphatic carbocycles. The molecule has 0 N–H and O–H groups in total. The van der Waals surface area contributed by atoms with E-state index in [4.69, 9.17) is 0 Å². The predicted molar refractivity (Wildman–Crippen MR) is 68.7 cm³/mol. The summed E-state index contributed by atoms with van der Waals surface area (Å²) in [5.74, 6) is 0.979. The zero-order valence-corrected chi connectivity index (χ0v) is 11.4. The second kappa shape index (κ2) is 4.74. The maximum atomic E-state index is 4.54. The summed E-state index contributed by atoms with van der Waals surface area (Å²) in [4.78, 5) is 11.5. The quantitative estimate of drug-likeness (QED) is 0.784. The summed E-state index contributed by atoms with van der Waals surface area (Å²) in [7, 11) is 0. The fraction of sp³-hybridized carbons (Fsp3) is 0.636. The third-order valence-electron chi connectivity index (χ3n) is 2.79. The van der Waals surface area contributed by atoms with Gasteiger partial charge in [0.05, 0.1) is 21.5 Å². The van der Waals surface area contributed by atoms with E-state index in [-0.39, 0.29) is 0 Å². The fourth-order valence-electron chi connectivity index (χ4n) is 1.98. The van der Waals surface area contributed by atoms with Gasteiger partial charge < -0.3 is 0 Å². The molecular formula is C11H16IN3. The van der Waals surface area contributed by atoms with E-state index in [2.05, 4.69) is 51.3 Å². The van der Waals surface area contributed by atoms with Crippen molar-refractivity contribution in [1.82, 2.24) is 14.9 Å². The van der Waals surface area contributed by atoms with Crippen LogP contribution in [-0.2, 0) is 6.54 Å². The molecule has 1 aromatic rings. The highest BCUT2D eigenvalue weighted by molar-refractivity contribution is 14.1. The van der Waals surface area contributed by atoms with E-state index in [1.165, 1.54) is 29.5 Å². The Balaban J connectivity index is 2.14. The van der Waals surface area contributed by atoms with Gasteiger partial charge in [-0.05, 0) is 62.4 Å². The van der Waals surface area contributed by atoms with Crippen LogP contribution in [0.25, 0.3) is 0 Å². The number of nitrogens with zero attached hydrogens (tertiary/aromatic N) is 3. The molecule has 0 bridgehead atoms. The van der Waals surface area contributed by atoms with E-state index in [1.54, 1.807) is 0 Å². The van der Waals surface area contributed by atoms with Crippen LogP contribution in [0.1, 0.15) is 30.1 Å². The molecule has 15 heavy (non-hydrogen) atoms. The van der Waals surface area contributed by atoms with Crippen molar-refractivity contribution in [1.29, 1.82) is 0 Å². The van der Waals surface area contributed by atoms with Gasteiger partial charge in [-0.2, -0.15) is 0 Å². The molecule has 3 nitrogen and oxygen atoms in total. The van der Waals surface area contributed by atoms with Gasteiger partial charge in [0.1, 0.15) is 5.82 Å². The first kappa shape index (κ1) is 11.3.